The second-order valence-corrected chi connectivity index (χ2v) is 5.50. The van der Waals surface area contributed by atoms with Crippen molar-refractivity contribution >= 4 is 10.2 Å². The summed E-state index contributed by atoms with van der Waals surface area (Å²) in [6.07, 6.45) is -3.87. The summed E-state index contributed by atoms with van der Waals surface area (Å²) in [6.45, 7) is -1.43. The number of hydrogen-bond acceptors (Lipinski definition) is 3. The van der Waals surface area contributed by atoms with Crippen molar-refractivity contribution in [2.75, 3.05) is 19.6 Å². The minimum Gasteiger partial charge on any atom is -0.198 e. The van der Waals surface area contributed by atoms with E-state index in [1.165, 1.54) is 4.72 Å². The number of alkyl halides is 3. The van der Waals surface area contributed by atoms with Crippen LogP contribution in [0.1, 0.15) is 12.8 Å². The Morgan fingerprint density at radius 1 is 1.35 bits per heavy atom. The maximum Gasteiger partial charge on any atom is 0.402 e. The quantitative estimate of drug-likeness (QED) is 0.817. The topological polar surface area (TPSA) is 73.2 Å². The molecule has 1 N–H and O–H groups in total. The highest BCUT2D eigenvalue weighted by Gasteiger charge is 2.33. The van der Waals surface area contributed by atoms with Gasteiger partial charge in [-0.1, -0.05) is 0 Å². The van der Waals surface area contributed by atoms with Crippen LogP contribution in [0.15, 0.2) is 0 Å². The van der Waals surface area contributed by atoms with Crippen LogP contribution < -0.4 is 4.72 Å². The molecule has 0 saturated carbocycles. The Hall–Kier alpha value is -0.850. The fourth-order valence-corrected chi connectivity index (χ4v) is 2.71. The average Bonchev–Trinajstić information content (AvgIpc) is 2.26. The minimum atomic E-state index is -4.57. The molecule has 0 spiro atoms. The van der Waals surface area contributed by atoms with E-state index in [-0.39, 0.29) is 19.0 Å². The standard InChI is InChI=1S/C8H12F3N3O2S/c9-8(10,11)6-13-17(15,16)14-3-1-7(5-12)2-4-14/h7,13H,1-4,6H2. The molecule has 0 atom stereocenters. The molecule has 1 aliphatic rings. The lowest BCUT2D eigenvalue weighted by molar-refractivity contribution is -0.121. The molecule has 0 aromatic rings. The summed E-state index contributed by atoms with van der Waals surface area (Å²) < 4.78 is 61.0. The number of nitriles is 1. The molecule has 0 aromatic carbocycles. The van der Waals surface area contributed by atoms with Crippen molar-refractivity contribution in [3.63, 3.8) is 0 Å². The molecule has 17 heavy (non-hydrogen) atoms. The van der Waals surface area contributed by atoms with Crippen molar-refractivity contribution < 1.29 is 21.6 Å². The SMILES string of the molecule is N#CC1CCN(S(=O)(=O)NCC(F)(F)F)CC1. The van der Waals surface area contributed by atoms with E-state index in [1.54, 1.807) is 0 Å². The van der Waals surface area contributed by atoms with E-state index in [0.717, 1.165) is 4.31 Å². The summed E-state index contributed by atoms with van der Waals surface area (Å²) in [4.78, 5) is 0. The van der Waals surface area contributed by atoms with Crippen LogP contribution in [0, 0.1) is 17.2 Å². The zero-order valence-electron chi connectivity index (χ0n) is 8.87. The van der Waals surface area contributed by atoms with Crippen molar-refractivity contribution in [3.05, 3.63) is 0 Å². The van der Waals surface area contributed by atoms with Crippen LogP contribution in [0.5, 0.6) is 0 Å². The van der Waals surface area contributed by atoms with Gasteiger partial charge in [-0.25, -0.2) is 0 Å². The van der Waals surface area contributed by atoms with Gasteiger partial charge in [0.15, 0.2) is 0 Å². The van der Waals surface area contributed by atoms with E-state index in [0.29, 0.717) is 12.8 Å². The van der Waals surface area contributed by atoms with E-state index in [9.17, 15) is 21.6 Å². The maximum atomic E-state index is 11.9. The Labute approximate surface area is 97.4 Å². The largest absolute Gasteiger partial charge is 0.402 e. The second kappa shape index (κ2) is 5.20. The van der Waals surface area contributed by atoms with E-state index in [4.69, 9.17) is 5.26 Å². The van der Waals surface area contributed by atoms with Crippen molar-refractivity contribution in [1.82, 2.24) is 9.03 Å². The molecule has 0 aliphatic carbocycles. The molecule has 1 rings (SSSR count). The van der Waals surface area contributed by atoms with Crippen molar-refractivity contribution in [3.8, 4) is 6.07 Å². The monoisotopic (exact) mass is 271 g/mol. The fraction of sp³-hybridized carbons (Fsp3) is 0.875. The molecule has 0 unspecified atom stereocenters. The molecular weight excluding hydrogens is 259 g/mol. The molecular formula is C8H12F3N3O2S. The van der Waals surface area contributed by atoms with E-state index >= 15 is 0 Å². The Balaban J connectivity index is 2.53. The van der Waals surface area contributed by atoms with Gasteiger partial charge in [-0.3, -0.25) is 0 Å². The summed E-state index contributed by atoms with van der Waals surface area (Å²) in [5.41, 5.74) is 0. The summed E-state index contributed by atoms with van der Waals surface area (Å²) in [7, 11) is -4.09. The molecule has 0 radical (unpaired) electrons. The normalized spacial score (nSPS) is 20.1. The van der Waals surface area contributed by atoms with Crippen LogP contribution in [0.3, 0.4) is 0 Å². The number of piperidine rings is 1. The number of nitrogens with one attached hydrogen (secondary N) is 1. The van der Waals surface area contributed by atoms with Gasteiger partial charge in [0, 0.05) is 19.0 Å². The minimum absolute atomic E-state index is 0.0748. The van der Waals surface area contributed by atoms with E-state index in [1.807, 2.05) is 6.07 Å². The smallest absolute Gasteiger partial charge is 0.198 e. The summed E-state index contributed by atoms with van der Waals surface area (Å²) in [6, 6.07) is 2.01. The zero-order chi connectivity index (χ0) is 13.1. The van der Waals surface area contributed by atoms with Crippen molar-refractivity contribution in [1.29, 1.82) is 5.26 Å². The van der Waals surface area contributed by atoms with Gasteiger partial charge in [0.25, 0.3) is 10.2 Å². The van der Waals surface area contributed by atoms with Gasteiger partial charge in [0.2, 0.25) is 0 Å². The van der Waals surface area contributed by atoms with Crippen LogP contribution in [-0.4, -0.2) is 38.5 Å². The van der Waals surface area contributed by atoms with E-state index < -0.39 is 22.9 Å². The summed E-state index contributed by atoms with van der Waals surface area (Å²) >= 11 is 0. The van der Waals surface area contributed by atoms with Gasteiger partial charge in [-0.15, -0.1) is 0 Å². The van der Waals surface area contributed by atoms with Gasteiger partial charge < -0.3 is 0 Å². The Kier molecular flexibility index (Phi) is 4.35. The lowest BCUT2D eigenvalue weighted by Gasteiger charge is -2.28. The average molecular weight is 271 g/mol. The zero-order valence-corrected chi connectivity index (χ0v) is 9.68. The molecule has 98 valence electrons. The van der Waals surface area contributed by atoms with Crippen LogP contribution in [0.2, 0.25) is 0 Å². The van der Waals surface area contributed by atoms with Gasteiger partial charge in [-0.2, -0.15) is 35.9 Å². The van der Waals surface area contributed by atoms with Crippen LogP contribution >= 0.6 is 0 Å². The molecule has 1 heterocycles. The van der Waals surface area contributed by atoms with Gasteiger partial charge in [0.1, 0.15) is 6.54 Å². The highest BCUT2D eigenvalue weighted by molar-refractivity contribution is 7.87. The first kappa shape index (κ1) is 14.2. The van der Waals surface area contributed by atoms with Crippen LogP contribution in [0.4, 0.5) is 13.2 Å². The lowest BCUT2D eigenvalue weighted by atomic mass is 10.0. The first-order valence-corrected chi connectivity index (χ1v) is 6.40. The second-order valence-electron chi connectivity index (χ2n) is 3.74. The molecule has 9 heteroatoms. The Morgan fingerprint density at radius 2 is 1.88 bits per heavy atom. The number of hydrogen-bond donors (Lipinski definition) is 1. The third-order valence-electron chi connectivity index (χ3n) is 2.43. The van der Waals surface area contributed by atoms with Crippen LogP contribution in [-0.2, 0) is 10.2 Å². The molecule has 0 aromatic heterocycles. The molecule has 1 aliphatic heterocycles. The molecule has 0 bridgehead atoms. The first-order chi connectivity index (χ1) is 7.74. The highest BCUT2D eigenvalue weighted by atomic mass is 32.2. The predicted octanol–water partition coefficient (Wildman–Crippen LogP) is 0.619. The fourth-order valence-electron chi connectivity index (χ4n) is 1.49. The summed E-state index contributed by atoms with van der Waals surface area (Å²) in [5.74, 6) is -0.218. The molecule has 1 saturated heterocycles. The number of nitrogens with zero attached hydrogens (tertiary/aromatic N) is 2. The highest BCUT2D eigenvalue weighted by Crippen LogP contribution is 2.19. The third kappa shape index (κ3) is 4.49. The Morgan fingerprint density at radius 3 is 2.29 bits per heavy atom. The van der Waals surface area contributed by atoms with Gasteiger partial charge in [0.05, 0.1) is 6.07 Å². The van der Waals surface area contributed by atoms with E-state index in [2.05, 4.69) is 0 Å². The summed E-state index contributed by atoms with van der Waals surface area (Å²) in [5, 5.41) is 8.61. The predicted molar refractivity (Wildman–Crippen MR) is 52.9 cm³/mol. The molecule has 5 nitrogen and oxygen atoms in total. The Bertz CT molecular complexity index is 393. The van der Waals surface area contributed by atoms with Gasteiger partial charge in [-0.05, 0) is 12.8 Å². The number of halogens is 3. The first-order valence-electron chi connectivity index (χ1n) is 4.96. The lowest BCUT2D eigenvalue weighted by Crippen LogP contribution is -2.47. The third-order valence-corrected chi connectivity index (χ3v) is 3.99. The maximum absolute atomic E-state index is 11.9. The van der Waals surface area contributed by atoms with Gasteiger partial charge >= 0.3 is 6.18 Å². The van der Waals surface area contributed by atoms with Crippen molar-refractivity contribution in [2.24, 2.45) is 5.92 Å². The van der Waals surface area contributed by atoms with Crippen molar-refractivity contribution in [2.45, 2.75) is 19.0 Å². The molecule has 1 fully saturated rings. The number of rotatable bonds is 3. The molecule has 0 amide bonds. The van der Waals surface area contributed by atoms with Crippen LogP contribution in [0.25, 0.3) is 0 Å².